The summed E-state index contributed by atoms with van der Waals surface area (Å²) < 4.78 is 0. The van der Waals surface area contributed by atoms with Crippen LogP contribution in [0, 0.1) is 0 Å². The summed E-state index contributed by atoms with van der Waals surface area (Å²) in [5.41, 5.74) is 0.892. The maximum Gasteiger partial charge on any atom is 0.346 e. The molecule has 0 aliphatic rings. The average molecular weight is 261 g/mol. The van der Waals surface area contributed by atoms with E-state index < -0.39 is 5.97 Å². The van der Waals surface area contributed by atoms with E-state index in [0.717, 1.165) is 26.4 Å². The van der Waals surface area contributed by atoms with Crippen molar-refractivity contribution in [3.8, 4) is 0 Å². The molecule has 0 aliphatic carbocycles. The van der Waals surface area contributed by atoms with Gasteiger partial charge in [0.05, 0.1) is 5.52 Å². The van der Waals surface area contributed by atoms with Crippen LogP contribution in [0.3, 0.4) is 0 Å². The second-order valence-electron chi connectivity index (χ2n) is 3.68. The van der Waals surface area contributed by atoms with E-state index in [9.17, 15) is 4.79 Å². The van der Waals surface area contributed by atoms with Crippen LogP contribution < -0.4 is 5.30 Å². The fourth-order valence-corrected chi connectivity index (χ4v) is 3.35. The van der Waals surface area contributed by atoms with E-state index in [2.05, 4.69) is 14.2 Å². The van der Waals surface area contributed by atoms with Crippen molar-refractivity contribution in [2.75, 3.05) is 0 Å². The van der Waals surface area contributed by atoms with Crippen molar-refractivity contribution in [1.29, 1.82) is 0 Å². The molecule has 5 heteroatoms. The molecule has 0 saturated heterocycles. The van der Waals surface area contributed by atoms with E-state index in [-0.39, 0.29) is 0 Å². The molecule has 1 aromatic carbocycles. The zero-order valence-corrected chi connectivity index (χ0v) is 10.6. The fraction of sp³-hybridized carbons (Fsp3) is 0. The molecule has 0 amide bonds. The van der Waals surface area contributed by atoms with Crippen LogP contribution in [0.15, 0.2) is 30.3 Å². The lowest BCUT2D eigenvalue weighted by Gasteiger charge is -1.97. The lowest BCUT2D eigenvalue weighted by molar-refractivity contribution is 0.0703. The summed E-state index contributed by atoms with van der Waals surface area (Å²) in [5, 5.41) is 11.7. The Morgan fingerprint density at radius 2 is 2.12 bits per heavy atom. The molecular formula is C12H8NO2PS. The number of para-hydroxylation sites is 1. The molecule has 17 heavy (non-hydrogen) atoms. The molecule has 2 heterocycles. The third-order valence-corrected chi connectivity index (χ3v) is 4.53. The molecule has 2 aromatic heterocycles. The van der Waals surface area contributed by atoms with Crippen molar-refractivity contribution >= 4 is 53.0 Å². The van der Waals surface area contributed by atoms with Crippen molar-refractivity contribution in [3.63, 3.8) is 0 Å². The first-order valence-corrected chi connectivity index (χ1v) is 6.37. The van der Waals surface area contributed by atoms with Gasteiger partial charge in [-0.3, -0.25) is 0 Å². The number of hydrogen-bond acceptors (Lipinski definition) is 3. The number of carbonyl (C=O) groups is 1. The minimum atomic E-state index is -0.901. The van der Waals surface area contributed by atoms with Gasteiger partial charge in [-0.25, -0.2) is 9.78 Å². The van der Waals surface area contributed by atoms with Crippen LogP contribution >= 0.6 is 20.6 Å². The van der Waals surface area contributed by atoms with E-state index >= 15 is 0 Å². The number of thiophene rings is 1. The van der Waals surface area contributed by atoms with Gasteiger partial charge in [0, 0.05) is 16.1 Å². The number of carboxylic acids is 1. The molecule has 0 saturated carbocycles. The third kappa shape index (κ3) is 1.61. The first-order valence-electron chi connectivity index (χ1n) is 4.98. The predicted molar refractivity (Wildman–Crippen MR) is 73.4 cm³/mol. The van der Waals surface area contributed by atoms with Crippen LogP contribution in [-0.4, -0.2) is 16.1 Å². The Labute approximate surface area is 103 Å². The number of benzene rings is 1. The number of rotatable bonds is 1. The lowest BCUT2D eigenvalue weighted by Crippen LogP contribution is -2.03. The first kappa shape index (κ1) is 10.6. The summed E-state index contributed by atoms with van der Waals surface area (Å²) in [4.78, 5) is 16.6. The highest BCUT2D eigenvalue weighted by Gasteiger charge is 2.15. The zero-order valence-electron chi connectivity index (χ0n) is 8.68. The van der Waals surface area contributed by atoms with Gasteiger partial charge in [0.1, 0.15) is 9.71 Å². The highest BCUT2D eigenvalue weighted by atomic mass is 32.1. The molecule has 1 atom stereocenters. The largest absolute Gasteiger partial charge is 0.477 e. The number of fused-ring (bicyclic) bond motifs is 2. The summed E-state index contributed by atoms with van der Waals surface area (Å²) >= 11 is 1.22. The van der Waals surface area contributed by atoms with Crippen molar-refractivity contribution in [2.45, 2.75) is 0 Å². The van der Waals surface area contributed by atoms with E-state index in [1.165, 1.54) is 11.3 Å². The topological polar surface area (TPSA) is 50.2 Å². The van der Waals surface area contributed by atoms with Gasteiger partial charge in [-0.2, -0.15) is 0 Å². The molecule has 3 aromatic rings. The zero-order chi connectivity index (χ0) is 12.0. The number of hydrogen-bond donors (Lipinski definition) is 1. The molecule has 0 spiro atoms. The second kappa shape index (κ2) is 3.76. The van der Waals surface area contributed by atoms with E-state index in [0.29, 0.717) is 4.88 Å². The Morgan fingerprint density at radius 3 is 2.88 bits per heavy atom. The van der Waals surface area contributed by atoms with Crippen LogP contribution in [0.5, 0.6) is 0 Å². The fourth-order valence-electron chi connectivity index (χ4n) is 1.80. The lowest BCUT2D eigenvalue weighted by atomic mass is 10.2. The summed E-state index contributed by atoms with van der Waals surface area (Å²) in [6.45, 7) is 0. The smallest absolute Gasteiger partial charge is 0.346 e. The normalized spacial score (nSPS) is 11.1. The van der Waals surface area contributed by atoms with Gasteiger partial charge in [0.25, 0.3) is 0 Å². The Bertz CT molecular complexity index is 751. The van der Waals surface area contributed by atoms with Crippen LogP contribution in [0.4, 0.5) is 0 Å². The van der Waals surface area contributed by atoms with Gasteiger partial charge in [0.15, 0.2) is 0 Å². The average Bonchev–Trinajstić information content (AvgIpc) is 2.64. The summed E-state index contributed by atoms with van der Waals surface area (Å²) in [6.07, 6.45) is 0. The van der Waals surface area contributed by atoms with Crippen molar-refractivity contribution in [1.82, 2.24) is 4.98 Å². The van der Waals surface area contributed by atoms with Crippen molar-refractivity contribution in [3.05, 3.63) is 35.2 Å². The summed E-state index contributed by atoms with van der Waals surface area (Å²) in [5.74, 6) is -0.901. The SMILES string of the molecule is O=C(O)c1sc2nc3ccccc3cc2c1P. The summed E-state index contributed by atoms with van der Waals surface area (Å²) in [6, 6.07) is 9.77. The van der Waals surface area contributed by atoms with Gasteiger partial charge >= 0.3 is 5.97 Å². The highest BCUT2D eigenvalue weighted by molar-refractivity contribution is 7.33. The molecule has 0 radical (unpaired) electrons. The van der Waals surface area contributed by atoms with E-state index in [1.807, 2.05) is 30.3 Å². The van der Waals surface area contributed by atoms with Crippen molar-refractivity contribution in [2.24, 2.45) is 0 Å². The quantitative estimate of drug-likeness (QED) is 0.685. The third-order valence-electron chi connectivity index (χ3n) is 2.62. The first-order chi connectivity index (χ1) is 8.16. The monoisotopic (exact) mass is 261 g/mol. The Kier molecular flexibility index (Phi) is 2.35. The maximum atomic E-state index is 11.1. The Hall–Kier alpha value is -1.51. The van der Waals surface area contributed by atoms with E-state index in [1.54, 1.807) is 0 Å². The number of aromatic nitrogens is 1. The van der Waals surface area contributed by atoms with Gasteiger partial charge in [-0.1, -0.05) is 18.2 Å². The second-order valence-corrected chi connectivity index (χ2v) is 5.26. The Balaban J connectivity index is 2.44. The molecule has 1 N–H and O–H groups in total. The number of carboxylic acid groups (broad SMARTS) is 1. The maximum absolute atomic E-state index is 11.1. The van der Waals surface area contributed by atoms with Crippen LogP contribution in [0.25, 0.3) is 21.1 Å². The van der Waals surface area contributed by atoms with Gasteiger partial charge in [-0.15, -0.1) is 20.6 Å². The molecule has 0 fully saturated rings. The van der Waals surface area contributed by atoms with Crippen LogP contribution in [0.1, 0.15) is 9.67 Å². The highest BCUT2D eigenvalue weighted by Crippen LogP contribution is 2.27. The number of aromatic carboxylic acids is 1. The van der Waals surface area contributed by atoms with Crippen molar-refractivity contribution < 1.29 is 9.90 Å². The van der Waals surface area contributed by atoms with Crippen LogP contribution in [0.2, 0.25) is 0 Å². The molecule has 0 aliphatic heterocycles. The molecular weight excluding hydrogens is 253 g/mol. The van der Waals surface area contributed by atoms with Gasteiger partial charge in [0.2, 0.25) is 0 Å². The molecule has 84 valence electrons. The minimum Gasteiger partial charge on any atom is -0.477 e. The number of pyridine rings is 1. The van der Waals surface area contributed by atoms with E-state index in [4.69, 9.17) is 5.11 Å². The predicted octanol–water partition coefficient (Wildman–Crippen LogP) is 2.65. The van der Waals surface area contributed by atoms with Gasteiger partial charge in [-0.05, 0) is 12.1 Å². The minimum absolute atomic E-state index is 0.341. The summed E-state index contributed by atoms with van der Waals surface area (Å²) in [7, 11) is 2.50. The van der Waals surface area contributed by atoms with Gasteiger partial charge < -0.3 is 5.11 Å². The van der Waals surface area contributed by atoms with Crippen LogP contribution in [-0.2, 0) is 0 Å². The Morgan fingerprint density at radius 1 is 1.35 bits per heavy atom. The molecule has 0 bridgehead atoms. The molecule has 3 nitrogen and oxygen atoms in total. The number of nitrogens with zero attached hydrogens (tertiary/aromatic N) is 1. The molecule has 3 rings (SSSR count). The molecule has 1 unspecified atom stereocenters. The standard InChI is InChI=1S/C12H8NO2PS/c14-12(15)10-9(16)7-5-6-3-1-2-4-8(6)13-11(7)17-10/h1-5H,16H2,(H,14,15).